The van der Waals surface area contributed by atoms with E-state index in [9.17, 15) is 4.79 Å². The van der Waals surface area contributed by atoms with Crippen LogP contribution in [0.3, 0.4) is 0 Å². The van der Waals surface area contributed by atoms with Crippen LogP contribution in [0, 0.1) is 0 Å². The highest BCUT2D eigenvalue weighted by Crippen LogP contribution is 1.74. The molecule has 0 amide bonds. The van der Waals surface area contributed by atoms with Crippen molar-refractivity contribution in [3.05, 3.63) is 0 Å². The van der Waals surface area contributed by atoms with Gasteiger partial charge in [0.1, 0.15) is 6.04 Å². The van der Waals surface area contributed by atoms with E-state index < -0.39 is 12.0 Å². The van der Waals surface area contributed by atoms with Gasteiger partial charge in [-0.25, -0.2) is 0 Å². The van der Waals surface area contributed by atoms with Gasteiger partial charge in [-0.1, -0.05) is 0 Å². The van der Waals surface area contributed by atoms with Crippen molar-refractivity contribution in [3.8, 4) is 0 Å². The molecule has 10 heavy (non-hydrogen) atoms. The quantitative estimate of drug-likeness (QED) is 0.560. The molecule has 4 N–H and O–H groups in total. The van der Waals surface area contributed by atoms with Crippen molar-refractivity contribution in [3.63, 3.8) is 0 Å². The summed E-state index contributed by atoms with van der Waals surface area (Å²) < 4.78 is 0. The van der Waals surface area contributed by atoms with Crippen LogP contribution in [-0.2, 0) is 4.79 Å². The maximum atomic E-state index is 10.0. The van der Waals surface area contributed by atoms with E-state index in [0.717, 1.165) is 0 Å². The zero-order valence-electron chi connectivity index (χ0n) is 5.53. The molecule has 0 spiro atoms. The van der Waals surface area contributed by atoms with E-state index in [1.165, 1.54) is 0 Å². The van der Waals surface area contributed by atoms with Crippen molar-refractivity contribution in [1.29, 1.82) is 0 Å². The van der Waals surface area contributed by atoms with E-state index in [2.05, 4.69) is 5.32 Å². The number of likely N-dealkylation sites (N-methyl/N-ethyl adjacent to an activating group) is 1. The molecule has 0 saturated heterocycles. The monoisotopic (exact) mass is 190 g/mol. The second kappa shape index (κ2) is 8.97. The highest BCUT2D eigenvalue weighted by Gasteiger charge is 2.10. The normalized spacial score (nSPS) is 10.6. The summed E-state index contributed by atoms with van der Waals surface area (Å²) in [4.78, 5) is 10.0. The summed E-state index contributed by atoms with van der Waals surface area (Å²) in [5.41, 5.74) is 5.04. The Morgan fingerprint density at radius 2 is 2.10 bits per heavy atom. The molecule has 0 fully saturated rings. The molecule has 0 aromatic heterocycles. The second-order valence-electron chi connectivity index (χ2n) is 1.42. The first-order valence-electron chi connectivity index (χ1n) is 2.32. The van der Waals surface area contributed by atoms with Gasteiger partial charge < -0.3 is 16.2 Å². The van der Waals surface area contributed by atoms with Gasteiger partial charge in [0, 0.05) is 6.54 Å². The fourth-order valence-corrected chi connectivity index (χ4v) is 0.342. The van der Waals surface area contributed by atoms with E-state index in [1.807, 2.05) is 0 Å². The van der Waals surface area contributed by atoms with Crippen LogP contribution in [0.25, 0.3) is 0 Å². The van der Waals surface area contributed by atoms with Gasteiger partial charge in [0.2, 0.25) is 0 Å². The van der Waals surface area contributed by atoms with E-state index in [0.29, 0.717) is 0 Å². The minimum atomic E-state index is -0.907. The van der Waals surface area contributed by atoms with Crippen LogP contribution in [0.4, 0.5) is 0 Å². The first-order valence-corrected chi connectivity index (χ1v) is 2.32. The molecule has 0 saturated carbocycles. The van der Waals surface area contributed by atoms with Crippen molar-refractivity contribution in [2.24, 2.45) is 5.73 Å². The van der Waals surface area contributed by atoms with E-state index in [4.69, 9.17) is 10.8 Å². The van der Waals surface area contributed by atoms with Crippen LogP contribution in [0.1, 0.15) is 0 Å². The van der Waals surface area contributed by atoms with Gasteiger partial charge >= 0.3 is 5.97 Å². The van der Waals surface area contributed by atoms with E-state index in [-0.39, 0.29) is 31.4 Å². The zero-order chi connectivity index (χ0) is 6.57. The first kappa shape index (κ1) is 16.5. The topological polar surface area (TPSA) is 75.3 Å². The summed E-state index contributed by atoms with van der Waals surface area (Å²) in [6.45, 7) is 0.131. The number of aliphatic carboxylic acids is 1. The Balaban J connectivity index is -0.000000245. The van der Waals surface area contributed by atoms with Gasteiger partial charge in [-0.15, -0.1) is 24.8 Å². The van der Waals surface area contributed by atoms with Gasteiger partial charge in [-0.05, 0) is 7.05 Å². The molecule has 6 heteroatoms. The Labute approximate surface area is 72.0 Å². The van der Waals surface area contributed by atoms with Gasteiger partial charge in [0.25, 0.3) is 0 Å². The number of halogens is 2. The third kappa shape index (κ3) is 6.10. The molecule has 0 rings (SSSR count). The third-order valence-electron chi connectivity index (χ3n) is 0.882. The summed E-state index contributed by atoms with van der Waals surface area (Å²) in [5.74, 6) is -0.907. The number of carboxylic acids is 1. The molecular formula is C4H12Cl2N2O2. The van der Waals surface area contributed by atoms with Crippen molar-refractivity contribution in [1.82, 2.24) is 5.32 Å². The number of rotatable bonds is 3. The molecule has 1 atom stereocenters. The molecule has 64 valence electrons. The summed E-state index contributed by atoms with van der Waals surface area (Å²) in [6, 6.07) is -0.602. The van der Waals surface area contributed by atoms with Crippen molar-refractivity contribution in [2.45, 2.75) is 6.04 Å². The lowest BCUT2D eigenvalue weighted by molar-refractivity contribution is -0.139. The fourth-order valence-electron chi connectivity index (χ4n) is 0.342. The maximum Gasteiger partial charge on any atom is 0.322 e. The van der Waals surface area contributed by atoms with E-state index in [1.54, 1.807) is 7.05 Å². The minimum Gasteiger partial charge on any atom is -0.480 e. The fraction of sp³-hybridized carbons (Fsp3) is 0.750. The van der Waals surface area contributed by atoms with Crippen LogP contribution in [0.15, 0.2) is 0 Å². The third-order valence-corrected chi connectivity index (χ3v) is 0.882. The smallest absolute Gasteiger partial charge is 0.322 e. The van der Waals surface area contributed by atoms with Gasteiger partial charge in [0.15, 0.2) is 0 Å². The van der Waals surface area contributed by atoms with Gasteiger partial charge in [0.05, 0.1) is 0 Å². The molecule has 0 aliphatic heterocycles. The Hall–Kier alpha value is -0.0300. The minimum absolute atomic E-state index is 0. The number of nitrogens with one attached hydrogen (secondary N) is 1. The van der Waals surface area contributed by atoms with Crippen molar-refractivity contribution >= 4 is 30.8 Å². The van der Waals surface area contributed by atoms with Crippen LogP contribution < -0.4 is 11.1 Å². The first-order chi connectivity index (χ1) is 3.72. The van der Waals surface area contributed by atoms with Gasteiger partial charge in [-0.3, -0.25) is 4.79 Å². The number of carboxylic acid groups (broad SMARTS) is 1. The van der Waals surface area contributed by atoms with Crippen LogP contribution in [0.2, 0.25) is 0 Å². The largest absolute Gasteiger partial charge is 0.480 e. The molecule has 4 nitrogen and oxygen atoms in total. The molecule has 0 radical (unpaired) electrons. The number of hydrogen-bond donors (Lipinski definition) is 3. The molecule has 1 unspecified atom stereocenters. The highest BCUT2D eigenvalue weighted by atomic mass is 35.5. The average molecular weight is 191 g/mol. The molecule has 0 bridgehead atoms. The van der Waals surface area contributed by atoms with Crippen LogP contribution in [0.5, 0.6) is 0 Å². The summed E-state index contributed by atoms with van der Waals surface area (Å²) in [5, 5.41) is 10.8. The predicted molar refractivity (Wildman–Crippen MR) is 44.0 cm³/mol. The Kier molecular flexibility index (Phi) is 14.8. The van der Waals surface area contributed by atoms with Crippen molar-refractivity contribution in [2.75, 3.05) is 13.6 Å². The molecule has 0 aliphatic rings. The Bertz CT molecular complexity index is 87.3. The molecule has 0 aromatic carbocycles. The Morgan fingerprint density at radius 1 is 1.70 bits per heavy atom. The SMILES string of the molecule is CNC(CN)C(=O)O.Cl.Cl. The summed E-state index contributed by atoms with van der Waals surface area (Å²) in [7, 11) is 1.56. The van der Waals surface area contributed by atoms with Crippen LogP contribution >= 0.6 is 24.8 Å². The van der Waals surface area contributed by atoms with Gasteiger partial charge in [-0.2, -0.15) is 0 Å². The molecular weight excluding hydrogens is 179 g/mol. The Morgan fingerprint density at radius 3 is 2.10 bits per heavy atom. The molecule has 0 aliphatic carbocycles. The lowest BCUT2D eigenvalue weighted by Crippen LogP contribution is -2.40. The molecule has 0 aromatic rings. The zero-order valence-corrected chi connectivity index (χ0v) is 7.17. The predicted octanol–water partition coefficient (Wildman–Crippen LogP) is -0.539. The van der Waals surface area contributed by atoms with Crippen molar-refractivity contribution < 1.29 is 9.90 Å². The number of hydrogen-bond acceptors (Lipinski definition) is 3. The standard InChI is InChI=1S/C4H10N2O2.2ClH/c1-6-3(2-5)4(7)8;;/h3,6H,2,5H2,1H3,(H,7,8);2*1H. The highest BCUT2D eigenvalue weighted by molar-refractivity contribution is 5.85. The van der Waals surface area contributed by atoms with Crippen LogP contribution in [-0.4, -0.2) is 30.7 Å². The summed E-state index contributed by atoms with van der Waals surface area (Å²) in [6.07, 6.45) is 0. The molecule has 0 heterocycles. The average Bonchev–Trinajstić information content (AvgIpc) is 1.69. The lowest BCUT2D eigenvalue weighted by Gasteiger charge is -2.05. The lowest BCUT2D eigenvalue weighted by atomic mass is 10.3. The number of carbonyl (C=O) groups is 1. The summed E-state index contributed by atoms with van der Waals surface area (Å²) >= 11 is 0. The second-order valence-corrected chi connectivity index (χ2v) is 1.42. The maximum absolute atomic E-state index is 10.0. The number of nitrogens with two attached hydrogens (primary N) is 1. The van der Waals surface area contributed by atoms with E-state index >= 15 is 0 Å².